The Morgan fingerprint density at radius 2 is 1.74 bits per heavy atom. The molecule has 13 heteroatoms. The van der Waals surface area contributed by atoms with Gasteiger partial charge in [0.1, 0.15) is 11.5 Å². The normalized spacial score (nSPS) is 13.8. The first-order valence-corrected chi connectivity index (χ1v) is 13.2. The topological polar surface area (TPSA) is 107 Å². The third-order valence-corrected chi connectivity index (χ3v) is 6.53. The minimum absolute atomic E-state index is 0.00853. The molecule has 1 aliphatic heterocycles. The zero-order chi connectivity index (χ0) is 27.7. The van der Waals surface area contributed by atoms with E-state index in [2.05, 4.69) is 15.0 Å². The van der Waals surface area contributed by atoms with Crippen LogP contribution in [0.2, 0.25) is 0 Å². The van der Waals surface area contributed by atoms with E-state index < -0.39 is 39.5 Å². The lowest BCUT2D eigenvalue weighted by Crippen LogP contribution is -2.28. The van der Waals surface area contributed by atoms with Crippen molar-refractivity contribution in [1.82, 2.24) is 15.0 Å². The van der Waals surface area contributed by atoms with Crippen LogP contribution < -0.4 is 19.5 Å². The van der Waals surface area contributed by atoms with Gasteiger partial charge in [0.25, 0.3) is 0 Å². The number of sulfonamides is 1. The molecule has 0 saturated heterocycles. The highest BCUT2D eigenvalue weighted by Crippen LogP contribution is 2.37. The van der Waals surface area contributed by atoms with Crippen LogP contribution in [0.25, 0.3) is 11.3 Å². The average molecular weight is 554 g/mol. The number of aromatic nitrogens is 1. The van der Waals surface area contributed by atoms with E-state index in [0.29, 0.717) is 28.2 Å². The lowest BCUT2D eigenvalue weighted by Gasteiger charge is -2.16. The Morgan fingerprint density at radius 1 is 1.03 bits per heavy atom. The second-order valence-corrected chi connectivity index (χ2v) is 10.5. The number of nitrogens with zero attached hydrogens (tertiary/aromatic N) is 1. The lowest BCUT2D eigenvalue weighted by molar-refractivity contribution is -0.141. The van der Waals surface area contributed by atoms with Crippen LogP contribution in [-0.4, -0.2) is 32.4 Å². The molecule has 0 bridgehead atoms. The summed E-state index contributed by atoms with van der Waals surface area (Å²) in [6, 6.07) is 10.7. The number of rotatable bonds is 8. The maximum absolute atomic E-state index is 14.5. The standard InChI is InChI=1S/C25H23F4N3O5S/c1-14(15-3-4-17(19(26)9-15)12-31-38(2,34)35)24(33)30-11-18-6-8-22(25(27,28)29)32-23(18)16-5-7-20-21(10-16)37-13-36-20/h3-10,14,31H,11-13H2,1-2H3,(H,30,33). The van der Waals surface area contributed by atoms with E-state index >= 15 is 0 Å². The molecule has 1 atom stereocenters. The van der Waals surface area contributed by atoms with Gasteiger partial charge in [0.05, 0.1) is 17.9 Å². The second-order valence-electron chi connectivity index (χ2n) is 8.65. The molecule has 202 valence electrons. The Morgan fingerprint density at radius 3 is 2.42 bits per heavy atom. The molecule has 3 aromatic rings. The molecule has 2 heterocycles. The molecule has 0 saturated carbocycles. The van der Waals surface area contributed by atoms with Crippen LogP contribution in [-0.2, 0) is 34.1 Å². The van der Waals surface area contributed by atoms with Crippen molar-refractivity contribution in [1.29, 1.82) is 0 Å². The number of carbonyl (C=O) groups excluding carboxylic acids is 1. The van der Waals surface area contributed by atoms with E-state index in [9.17, 15) is 30.8 Å². The Hall–Kier alpha value is -3.71. The van der Waals surface area contributed by atoms with Gasteiger partial charge >= 0.3 is 6.18 Å². The number of carbonyl (C=O) groups is 1. The number of halogens is 4. The Balaban J connectivity index is 1.52. The molecule has 0 aliphatic carbocycles. The van der Waals surface area contributed by atoms with Crippen LogP contribution in [0.1, 0.15) is 35.2 Å². The van der Waals surface area contributed by atoms with E-state index in [1.54, 1.807) is 19.1 Å². The summed E-state index contributed by atoms with van der Waals surface area (Å²) in [5.41, 5.74) is 0.0406. The van der Waals surface area contributed by atoms with Crippen molar-refractivity contribution in [2.24, 2.45) is 0 Å². The molecule has 1 unspecified atom stereocenters. The summed E-state index contributed by atoms with van der Waals surface area (Å²) in [5, 5.41) is 2.67. The van der Waals surface area contributed by atoms with Gasteiger partial charge in [-0.3, -0.25) is 4.79 Å². The Labute approximate surface area is 216 Å². The number of amides is 1. The van der Waals surface area contributed by atoms with Gasteiger partial charge in [-0.1, -0.05) is 18.2 Å². The fourth-order valence-corrected chi connectivity index (χ4v) is 4.17. The van der Waals surface area contributed by atoms with Crippen molar-refractivity contribution in [2.45, 2.75) is 32.1 Å². The van der Waals surface area contributed by atoms with Gasteiger partial charge in [-0.2, -0.15) is 13.2 Å². The highest BCUT2D eigenvalue weighted by atomic mass is 32.2. The van der Waals surface area contributed by atoms with Gasteiger partial charge in [0.2, 0.25) is 22.7 Å². The van der Waals surface area contributed by atoms with Gasteiger partial charge in [0.15, 0.2) is 11.5 Å². The number of benzene rings is 2. The summed E-state index contributed by atoms with van der Waals surface area (Å²) in [6.45, 7) is 1.15. The molecule has 1 aliphatic rings. The maximum Gasteiger partial charge on any atom is 0.433 e. The first kappa shape index (κ1) is 27.3. The van der Waals surface area contributed by atoms with Crippen LogP contribution in [0.5, 0.6) is 11.5 Å². The summed E-state index contributed by atoms with van der Waals surface area (Å²) in [7, 11) is -3.51. The van der Waals surface area contributed by atoms with Crippen LogP contribution >= 0.6 is 0 Å². The monoisotopic (exact) mass is 553 g/mol. The predicted molar refractivity (Wildman–Crippen MR) is 129 cm³/mol. The van der Waals surface area contributed by atoms with Crippen LogP contribution in [0, 0.1) is 5.82 Å². The molecule has 1 aromatic heterocycles. The summed E-state index contributed by atoms with van der Waals surface area (Å²) in [4.78, 5) is 16.6. The number of pyridine rings is 1. The van der Waals surface area contributed by atoms with Crippen LogP contribution in [0.15, 0.2) is 48.5 Å². The molecule has 1 amide bonds. The van der Waals surface area contributed by atoms with Crippen molar-refractivity contribution in [3.8, 4) is 22.8 Å². The molecule has 0 spiro atoms. The summed E-state index contributed by atoms with van der Waals surface area (Å²) in [5.74, 6) is -1.17. The van der Waals surface area contributed by atoms with Crippen molar-refractivity contribution >= 4 is 15.9 Å². The van der Waals surface area contributed by atoms with Crippen molar-refractivity contribution in [3.63, 3.8) is 0 Å². The fourth-order valence-electron chi connectivity index (χ4n) is 3.75. The summed E-state index contributed by atoms with van der Waals surface area (Å²) in [6.07, 6.45) is -3.72. The summed E-state index contributed by atoms with van der Waals surface area (Å²) < 4.78 is 89.8. The van der Waals surface area contributed by atoms with Gasteiger partial charge in [-0.15, -0.1) is 0 Å². The number of ether oxygens (including phenoxy) is 2. The van der Waals surface area contributed by atoms with Gasteiger partial charge in [-0.25, -0.2) is 22.5 Å². The first-order chi connectivity index (χ1) is 17.8. The summed E-state index contributed by atoms with van der Waals surface area (Å²) >= 11 is 0. The SMILES string of the molecule is CC(C(=O)NCc1ccc(C(F)(F)F)nc1-c1ccc2c(c1)OCO2)c1ccc(CNS(C)(=O)=O)c(F)c1. The molecule has 2 aromatic carbocycles. The number of fused-ring (bicyclic) bond motifs is 1. The smallest absolute Gasteiger partial charge is 0.433 e. The van der Waals surface area contributed by atoms with E-state index in [4.69, 9.17) is 9.47 Å². The quantitative estimate of drug-likeness (QED) is 0.407. The molecule has 4 rings (SSSR count). The average Bonchev–Trinajstić information content (AvgIpc) is 3.33. The van der Waals surface area contributed by atoms with Crippen molar-refractivity contribution < 1.29 is 40.2 Å². The third-order valence-electron chi connectivity index (χ3n) is 5.86. The van der Waals surface area contributed by atoms with Gasteiger partial charge in [-0.05, 0) is 48.4 Å². The van der Waals surface area contributed by atoms with Crippen LogP contribution in [0.4, 0.5) is 17.6 Å². The van der Waals surface area contributed by atoms with E-state index in [-0.39, 0.29) is 31.1 Å². The van der Waals surface area contributed by atoms with Gasteiger partial charge in [0, 0.05) is 24.2 Å². The van der Waals surface area contributed by atoms with Gasteiger partial charge < -0.3 is 14.8 Å². The Kier molecular flexibility index (Phi) is 7.61. The zero-order valence-electron chi connectivity index (χ0n) is 20.2. The molecule has 38 heavy (non-hydrogen) atoms. The third kappa shape index (κ3) is 6.40. The van der Waals surface area contributed by atoms with E-state index in [0.717, 1.165) is 18.4 Å². The van der Waals surface area contributed by atoms with E-state index in [1.165, 1.54) is 24.3 Å². The highest BCUT2D eigenvalue weighted by molar-refractivity contribution is 7.88. The number of alkyl halides is 3. The van der Waals surface area contributed by atoms with Crippen LogP contribution in [0.3, 0.4) is 0 Å². The fraction of sp³-hybridized carbons (Fsp3) is 0.280. The largest absolute Gasteiger partial charge is 0.454 e. The second kappa shape index (κ2) is 10.6. The van der Waals surface area contributed by atoms with E-state index in [1.807, 2.05) is 0 Å². The minimum atomic E-state index is -4.67. The number of hydrogen-bond acceptors (Lipinski definition) is 6. The van der Waals surface area contributed by atoms with Crippen molar-refractivity contribution in [3.05, 3.63) is 76.7 Å². The number of hydrogen-bond donors (Lipinski definition) is 2. The Bertz CT molecular complexity index is 1480. The zero-order valence-corrected chi connectivity index (χ0v) is 21.0. The molecular weight excluding hydrogens is 530 g/mol. The maximum atomic E-state index is 14.5. The number of nitrogens with one attached hydrogen (secondary N) is 2. The molecule has 8 nitrogen and oxygen atoms in total. The molecular formula is C25H23F4N3O5S. The lowest BCUT2D eigenvalue weighted by atomic mass is 9.98. The molecule has 0 radical (unpaired) electrons. The van der Waals surface area contributed by atoms with Crippen molar-refractivity contribution in [2.75, 3.05) is 13.0 Å². The molecule has 2 N–H and O–H groups in total. The predicted octanol–water partition coefficient (Wildman–Crippen LogP) is 4.10. The highest BCUT2D eigenvalue weighted by Gasteiger charge is 2.33. The minimum Gasteiger partial charge on any atom is -0.454 e. The molecule has 0 fully saturated rings. The first-order valence-electron chi connectivity index (χ1n) is 11.3.